The van der Waals surface area contributed by atoms with E-state index in [1.54, 1.807) is 0 Å². The SMILES string of the molecule is Nc1c(NC(=O)CCCCCCC[C@@H](F)CF)ccc(NCc2ccc(C(F)(F)F)cc2)c1F. The van der Waals surface area contributed by atoms with Crippen LogP contribution in [0.2, 0.25) is 0 Å². The van der Waals surface area contributed by atoms with E-state index in [9.17, 15) is 31.1 Å². The molecule has 0 heterocycles. The van der Waals surface area contributed by atoms with Crippen LogP contribution in [-0.4, -0.2) is 18.8 Å². The van der Waals surface area contributed by atoms with Crippen molar-refractivity contribution in [3.05, 3.63) is 53.3 Å². The minimum Gasteiger partial charge on any atom is -0.395 e. The summed E-state index contributed by atoms with van der Waals surface area (Å²) < 4.78 is 77.3. The van der Waals surface area contributed by atoms with Gasteiger partial charge in [-0.05, 0) is 42.7 Å². The Morgan fingerprint density at radius 3 is 2.21 bits per heavy atom. The molecule has 2 aromatic carbocycles. The van der Waals surface area contributed by atoms with E-state index in [0.717, 1.165) is 31.4 Å². The first-order valence-corrected chi connectivity index (χ1v) is 11.1. The van der Waals surface area contributed by atoms with Crippen LogP contribution < -0.4 is 16.4 Å². The molecule has 0 radical (unpaired) electrons. The molecule has 10 heteroatoms. The lowest BCUT2D eigenvalue weighted by Gasteiger charge is -2.14. The van der Waals surface area contributed by atoms with Crippen molar-refractivity contribution in [3.8, 4) is 0 Å². The van der Waals surface area contributed by atoms with Crippen molar-refractivity contribution in [1.82, 2.24) is 0 Å². The number of benzene rings is 2. The lowest BCUT2D eigenvalue weighted by atomic mass is 10.1. The van der Waals surface area contributed by atoms with Gasteiger partial charge in [-0.1, -0.05) is 37.8 Å². The topological polar surface area (TPSA) is 67.1 Å². The van der Waals surface area contributed by atoms with Crippen LogP contribution in [0.5, 0.6) is 0 Å². The molecule has 1 atom stereocenters. The fourth-order valence-electron chi connectivity index (χ4n) is 3.32. The Morgan fingerprint density at radius 1 is 0.941 bits per heavy atom. The number of hydrogen-bond donors (Lipinski definition) is 3. The van der Waals surface area contributed by atoms with E-state index in [1.165, 1.54) is 24.3 Å². The zero-order chi connectivity index (χ0) is 25.1. The second-order valence-electron chi connectivity index (χ2n) is 8.04. The fourth-order valence-corrected chi connectivity index (χ4v) is 3.32. The lowest BCUT2D eigenvalue weighted by Crippen LogP contribution is -2.14. The Labute approximate surface area is 194 Å². The monoisotopic (exact) mass is 489 g/mol. The summed E-state index contributed by atoms with van der Waals surface area (Å²) in [5.74, 6) is -1.10. The first-order valence-electron chi connectivity index (χ1n) is 11.1. The van der Waals surface area contributed by atoms with E-state index in [0.29, 0.717) is 18.4 Å². The van der Waals surface area contributed by atoms with Crippen LogP contribution in [0.1, 0.15) is 56.1 Å². The molecule has 0 saturated heterocycles. The largest absolute Gasteiger partial charge is 0.416 e. The maximum Gasteiger partial charge on any atom is 0.416 e. The second-order valence-corrected chi connectivity index (χ2v) is 8.04. The van der Waals surface area contributed by atoms with E-state index >= 15 is 0 Å². The molecule has 188 valence electrons. The predicted molar refractivity (Wildman–Crippen MR) is 121 cm³/mol. The quantitative estimate of drug-likeness (QED) is 0.161. The van der Waals surface area contributed by atoms with E-state index in [4.69, 9.17) is 5.73 Å². The number of unbranched alkanes of at least 4 members (excludes halogenated alkanes) is 4. The van der Waals surface area contributed by atoms with Gasteiger partial charge in [-0.2, -0.15) is 13.2 Å². The highest BCUT2D eigenvalue weighted by Crippen LogP contribution is 2.30. The highest BCUT2D eigenvalue weighted by Gasteiger charge is 2.29. The molecular weight excluding hydrogens is 460 g/mol. The number of carbonyl (C=O) groups excluding carboxylic acids is 1. The fraction of sp³-hybridized carbons (Fsp3) is 0.458. The molecule has 0 unspecified atom stereocenters. The molecule has 0 aromatic heterocycles. The van der Waals surface area contributed by atoms with Gasteiger partial charge in [-0.15, -0.1) is 0 Å². The summed E-state index contributed by atoms with van der Waals surface area (Å²) in [5, 5.41) is 5.35. The summed E-state index contributed by atoms with van der Waals surface area (Å²) in [6.45, 7) is -0.875. The number of nitrogen functional groups attached to an aromatic ring is 1. The molecule has 34 heavy (non-hydrogen) atoms. The molecule has 2 aromatic rings. The number of nitrogens with one attached hydrogen (secondary N) is 2. The maximum atomic E-state index is 14.6. The van der Waals surface area contributed by atoms with Crippen LogP contribution in [0.25, 0.3) is 0 Å². The zero-order valence-electron chi connectivity index (χ0n) is 18.7. The summed E-state index contributed by atoms with van der Waals surface area (Å²) in [7, 11) is 0. The first kappa shape index (κ1) is 27.3. The number of carbonyl (C=O) groups is 1. The van der Waals surface area contributed by atoms with Crippen LogP contribution >= 0.6 is 0 Å². The minimum atomic E-state index is -4.43. The Kier molecular flexibility index (Phi) is 10.5. The van der Waals surface area contributed by atoms with Crippen LogP contribution in [0, 0.1) is 5.82 Å². The molecule has 4 nitrogen and oxygen atoms in total. The van der Waals surface area contributed by atoms with Crippen molar-refractivity contribution in [2.45, 2.75) is 63.8 Å². The van der Waals surface area contributed by atoms with Crippen molar-refractivity contribution >= 4 is 23.0 Å². The molecule has 0 saturated carbocycles. The zero-order valence-corrected chi connectivity index (χ0v) is 18.7. The van der Waals surface area contributed by atoms with Crippen molar-refractivity contribution in [2.24, 2.45) is 0 Å². The van der Waals surface area contributed by atoms with Gasteiger partial charge in [0.2, 0.25) is 5.91 Å². The van der Waals surface area contributed by atoms with E-state index < -0.39 is 30.4 Å². The average molecular weight is 490 g/mol. The Balaban J connectivity index is 1.78. The molecule has 0 aliphatic carbocycles. The number of anilines is 3. The van der Waals surface area contributed by atoms with Crippen LogP contribution in [0.4, 0.5) is 43.4 Å². The smallest absolute Gasteiger partial charge is 0.395 e. The van der Waals surface area contributed by atoms with E-state index in [1.807, 2.05) is 0 Å². The number of nitrogens with two attached hydrogens (primary N) is 1. The molecule has 2 rings (SSSR count). The first-order chi connectivity index (χ1) is 16.1. The number of halogens is 6. The van der Waals surface area contributed by atoms with Gasteiger partial charge in [-0.3, -0.25) is 4.79 Å². The van der Waals surface area contributed by atoms with Crippen molar-refractivity contribution in [3.63, 3.8) is 0 Å². The van der Waals surface area contributed by atoms with Gasteiger partial charge in [0.1, 0.15) is 12.8 Å². The number of alkyl halides is 5. The van der Waals surface area contributed by atoms with Gasteiger partial charge in [0, 0.05) is 13.0 Å². The summed E-state index contributed by atoms with van der Waals surface area (Å²) in [4.78, 5) is 12.1. The highest BCUT2D eigenvalue weighted by atomic mass is 19.4. The Morgan fingerprint density at radius 2 is 1.56 bits per heavy atom. The van der Waals surface area contributed by atoms with Crippen molar-refractivity contribution in [1.29, 1.82) is 0 Å². The average Bonchev–Trinajstić information content (AvgIpc) is 2.80. The third-order valence-corrected chi connectivity index (χ3v) is 5.31. The van der Waals surface area contributed by atoms with E-state index in [-0.39, 0.29) is 42.4 Å². The normalized spacial score (nSPS) is 12.4. The number of hydrogen-bond acceptors (Lipinski definition) is 3. The number of amides is 1. The predicted octanol–water partition coefficient (Wildman–Crippen LogP) is 7.02. The molecule has 0 spiro atoms. The van der Waals surface area contributed by atoms with Gasteiger partial charge in [0.25, 0.3) is 0 Å². The lowest BCUT2D eigenvalue weighted by molar-refractivity contribution is -0.137. The van der Waals surface area contributed by atoms with Gasteiger partial charge < -0.3 is 16.4 Å². The van der Waals surface area contributed by atoms with Gasteiger partial charge in [0.05, 0.1) is 22.6 Å². The minimum absolute atomic E-state index is 0.0543. The van der Waals surface area contributed by atoms with Crippen molar-refractivity contribution < 1.29 is 31.1 Å². The summed E-state index contributed by atoms with van der Waals surface area (Å²) in [6, 6.07) is 7.34. The third kappa shape index (κ3) is 8.79. The number of rotatable bonds is 13. The summed E-state index contributed by atoms with van der Waals surface area (Å²) in [6.07, 6.45) is -1.87. The molecule has 0 aliphatic rings. The molecule has 1 amide bonds. The summed E-state index contributed by atoms with van der Waals surface area (Å²) in [5.41, 5.74) is 5.49. The van der Waals surface area contributed by atoms with Crippen LogP contribution in [0.3, 0.4) is 0 Å². The summed E-state index contributed by atoms with van der Waals surface area (Å²) >= 11 is 0. The maximum absolute atomic E-state index is 14.6. The van der Waals surface area contributed by atoms with Crippen LogP contribution in [-0.2, 0) is 17.5 Å². The molecule has 0 fully saturated rings. The van der Waals surface area contributed by atoms with Gasteiger partial charge in [-0.25, -0.2) is 13.2 Å². The second kappa shape index (κ2) is 13.1. The van der Waals surface area contributed by atoms with Gasteiger partial charge in [0.15, 0.2) is 5.82 Å². The standard InChI is InChI=1S/C24H29F6N3O/c25-14-18(26)6-4-2-1-3-5-7-21(34)33-20-13-12-19(22(27)23(20)31)32-15-16-8-10-17(11-9-16)24(28,29)30/h8-13,18,32H,1-7,14-15,31H2,(H,33,34)/t18-/m1/s1. The molecule has 4 N–H and O–H groups in total. The highest BCUT2D eigenvalue weighted by molar-refractivity contribution is 5.94. The van der Waals surface area contributed by atoms with Crippen LogP contribution in [0.15, 0.2) is 36.4 Å². The van der Waals surface area contributed by atoms with Crippen molar-refractivity contribution in [2.75, 3.05) is 23.0 Å². The Hall–Kier alpha value is -2.91. The Bertz CT molecular complexity index is 918. The molecule has 0 bridgehead atoms. The third-order valence-electron chi connectivity index (χ3n) is 5.31. The van der Waals surface area contributed by atoms with E-state index in [2.05, 4.69) is 10.6 Å². The molecular formula is C24H29F6N3O. The molecule has 0 aliphatic heterocycles. The van der Waals surface area contributed by atoms with Gasteiger partial charge >= 0.3 is 6.18 Å².